The van der Waals surface area contributed by atoms with E-state index >= 15 is 0 Å². The minimum atomic E-state index is 0.548. The molecule has 0 radical (unpaired) electrons. The fourth-order valence-corrected chi connectivity index (χ4v) is 4.08. The molecule has 1 aliphatic carbocycles. The summed E-state index contributed by atoms with van der Waals surface area (Å²) in [6, 6.07) is 9.15. The Kier molecular flexibility index (Phi) is 4.34. The van der Waals surface area contributed by atoms with Crippen LogP contribution in [0.15, 0.2) is 24.3 Å². The second kappa shape index (κ2) is 6.19. The van der Waals surface area contributed by atoms with Crippen LogP contribution in [-0.4, -0.2) is 24.7 Å². The third kappa shape index (κ3) is 3.46. The Balaban J connectivity index is 1.62. The lowest BCUT2D eigenvalue weighted by molar-refractivity contribution is 0.413. The molecule has 1 saturated heterocycles. The fraction of sp³-hybridized carbons (Fsp3) is 0.625. The van der Waals surface area contributed by atoms with Crippen molar-refractivity contribution in [2.24, 2.45) is 5.92 Å². The summed E-state index contributed by atoms with van der Waals surface area (Å²) in [5.74, 6) is 3.15. The Morgan fingerprint density at radius 2 is 2.05 bits per heavy atom. The van der Waals surface area contributed by atoms with Gasteiger partial charge in [-0.25, -0.2) is 0 Å². The van der Waals surface area contributed by atoms with E-state index in [-0.39, 0.29) is 0 Å². The van der Waals surface area contributed by atoms with Crippen molar-refractivity contribution in [3.63, 3.8) is 0 Å². The highest BCUT2D eigenvalue weighted by Gasteiger charge is 2.32. The van der Waals surface area contributed by atoms with E-state index in [2.05, 4.69) is 41.3 Å². The van der Waals surface area contributed by atoms with Crippen LogP contribution in [0.25, 0.3) is 0 Å². The van der Waals surface area contributed by atoms with E-state index < -0.39 is 0 Å². The zero-order chi connectivity index (χ0) is 13.1. The van der Waals surface area contributed by atoms with Crippen molar-refractivity contribution in [3.8, 4) is 5.75 Å². The first-order valence-electron chi connectivity index (χ1n) is 7.36. The molecule has 0 bridgehead atoms. The standard InChI is InChI=1S/C16H23NOS/c1-18-14-8-6-13(7-9-14)16(12-4-5-12)17-11-15-3-2-10-19-15/h6-9,12,15-17H,2-5,10-11H2,1H3. The van der Waals surface area contributed by atoms with Gasteiger partial charge in [-0.05, 0) is 55.1 Å². The summed E-state index contributed by atoms with van der Waals surface area (Å²) in [6.07, 6.45) is 5.54. The number of nitrogens with one attached hydrogen (secondary N) is 1. The predicted molar refractivity (Wildman–Crippen MR) is 81.9 cm³/mol. The molecule has 104 valence electrons. The van der Waals surface area contributed by atoms with Gasteiger partial charge in [0.25, 0.3) is 0 Å². The van der Waals surface area contributed by atoms with Crippen LogP contribution in [0.2, 0.25) is 0 Å². The number of rotatable bonds is 6. The number of methoxy groups -OCH3 is 1. The van der Waals surface area contributed by atoms with Gasteiger partial charge in [0, 0.05) is 17.8 Å². The van der Waals surface area contributed by atoms with E-state index in [0.717, 1.165) is 23.5 Å². The molecule has 0 spiro atoms. The lowest BCUT2D eigenvalue weighted by Gasteiger charge is -2.21. The van der Waals surface area contributed by atoms with E-state index in [1.807, 2.05) is 0 Å². The van der Waals surface area contributed by atoms with Crippen LogP contribution in [0.1, 0.15) is 37.3 Å². The Morgan fingerprint density at radius 3 is 2.63 bits per heavy atom. The van der Waals surface area contributed by atoms with Crippen LogP contribution in [0.4, 0.5) is 0 Å². The number of thioether (sulfide) groups is 1. The van der Waals surface area contributed by atoms with Gasteiger partial charge >= 0.3 is 0 Å². The van der Waals surface area contributed by atoms with Crippen molar-refractivity contribution >= 4 is 11.8 Å². The van der Waals surface area contributed by atoms with Crippen molar-refractivity contribution in [2.75, 3.05) is 19.4 Å². The quantitative estimate of drug-likeness (QED) is 0.858. The molecule has 0 amide bonds. The van der Waals surface area contributed by atoms with Gasteiger partial charge in [0.05, 0.1) is 7.11 Å². The van der Waals surface area contributed by atoms with Crippen LogP contribution in [-0.2, 0) is 0 Å². The first kappa shape index (κ1) is 13.3. The first-order chi connectivity index (χ1) is 9.36. The number of ether oxygens (including phenoxy) is 1. The minimum absolute atomic E-state index is 0.548. The molecule has 2 nitrogen and oxygen atoms in total. The Hall–Kier alpha value is -0.670. The van der Waals surface area contributed by atoms with E-state index in [9.17, 15) is 0 Å². The maximum Gasteiger partial charge on any atom is 0.118 e. The third-order valence-corrected chi connectivity index (χ3v) is 5.56. The molecule has 1 aliphatic heterocycles. The molecule has 2 aliphatic rings. The first-order valence-corrected chi connectivity index (χ1v) is 8.40. The number of hydrogen-bond donors (Lipinski definition) is 1. The average molecular weight is 277 g/mol. The lowest BCUT2D eigenvalue weighted by atomic mass is 10.0. The molecular weight excluding hydrogens is 254 g/mol. The van der Waals surface area contributed by atoms with Crippen molar-refractivity contribution in [1.82, 2.24) is 5.32 Å². The molecular formula is C16H23NOS. The molecule has 1 N–H and O–H groups in total. The minimum Gasteiger partial charge on any atom is -0.497 e. The molecule has 1 aromatic rings. The summed E-state index contributed by atoms with van der Waals surface area (Å²) < 4.78 is 5.24. The lowest BCUT2D eigenvalue weighted by Crippen LogP contribution is -2.29. The summed E-state index contributed by atoms with van der Waals surface area (Å²) in [5.41, 5.74) is 1.42. The Morgan fingerprint density at radius 1 is 1.26 bits per heavy atom. The third-order valence-electron chi connectivity index (χ3n) is 4.16. The van der Waals surface area contributed by atoms with Gasteiger partial charge in [-0.15, -0.1) is 0 Å². The van der Waals surface area contributed by atoms with Crippen LogP contribution >= 0.6 is 11.8 Å². The topological polar surface area (TPSA) is 21.3 Å². The van der Waals surface area contributed by atoms with Gasteiger partial charge in [0.15, 0.2) is 0 Å². The SMILES string of the molecule is COc1ccc(C(NCC2CCCS2)C2CC2)cc1. The zero-order valence-electron chi connectivity index (χ0n) is 11.6. The molecule has 2 unspecified atom stereocenters. The van der Waals surface area contributed by atoms with Crippen LogP contribution < -0.4 is 10.1 Å². The average Bonchev–Trinajstić information content (AvgIpc) is 3.15. The van der Waals surface area contributed by atoms with Gasteiger partial charge in [0.1, 0.15) is 5.75 Å². The largest absolute Gasteiger partial charge is 0.497 e. The van der Waals surface area contributed by atoms with Crippen LogP contribution in [0.5, 0.6) is 5.75 Å². The molecule has 1 saturated carbocycles. The summed E-state index contributed by atoms with van der Waals surface area (Å²) >= 11 is 2.14. The van der Waals surface area contributed by atoms with E-state index in [1.54, 1.807) is 7.11 Å². The molecule has 3 rings (SSSR count). The monoisotopic (exact) mass is 277 g/mol. The molecule has 1 aromatic carbocycles. The van der Waals surface area contributed by atoms with Crippen molar-refractivity contribution in [1.29, 1.82) is 0 Å². The van der Waals surface area contributed by atoms with E-state index in [0.29, 0.717) is 6.04 Å². The summed E-state index contributed by atoms with van der Waals surface area (Å²) in [4.78, 5) is 0. The number of benzene rings is 1. The van der Waals surface area contributed by atoms with Gasteiger partial charge in [-0.2, -0.15) is 11.8 Å². The fourth-order valence-electron chi connectivity index (χ4n) is 2.86. The van der Waals surface area contributed by atoms with Crippen molar-refractivity contribution < 1.29 is 4.74 Å². The smallest absolute Gasteiger partial charge is 0.118 e. The second-order valence-corrected chi connectivity index (χ2v) is 7.04. The maximum atomic E-state index is 5.24. The Labute approximate surface area is 120 Å². The van der Waals surface area contributed by atoms with Crippen molar-refractivity contribution in [2.45, 2.75) is 37.0 Å². The number of hydrogen-bond acceptors (Lipinski definition) is 3. The van der Waals surface area contributed by atoms with Crippen LogP contribution in [0.3, 0.4) is 0 Å². The normalized spacial score (nSPS) is 24.4. The Bertz CT molecular complexity index is 396. The second-order valence-electron chi connectivity index (χ2n) is 5.63. The summed E-state index contributed by atoms with van der Waals surface area (Å²) in [7, 11) is 1.73. The van der Waals surface area contributed by atoms with E-state index in [4.69, 9.17) is 4.74 Å². The summed E-state index contributed by atoms with van der Waals surface area (Å²) in [5, 5.41) is 4.65. The van der Waals surface area contributed by atoms with Gasteiger partial charge in [-0.3, -0.25) is 0 Å². The predicted octanol–water partition coefficient (Wildman–Crippen LogP) is 3.63. The summed E-state index contributed by atoms with van der Waals surface area (Å²) in [6.45, 7) is 1.16. The molecule has 3 heteroatoms. The molecule has 1 heterocycles. The molecule has 0 aromatic heterocycles. The van der Waals surface area contributed by atoms with Crippen molar-refractivity contribution in [3.05, 3.63) is 29.8 Å². The van der Waals surface area contributed by atoms with Gasteiger partial charge < -0.3 is 10.1 Å². The molecule has 2 fully saturated rings. The van der Waals surface area contributed by atoms with Gasteiger partial charge in [0.2, 0.25) is 0 Å². The molecule has 19 heavy (non-hydrogen) atoms. The van der Waals surface area contributed by atoms with Crippen LogP contribution in [0, 0.1) is 5.92 Å². The molecule has 2 atom stereocenters. The zero-order valence-corrected chi connectivity index (χ0v) is 12.4. The highest BCUT2D eigenvalue weighted by Crippen LogP contribution is 2.41. The van der Waals surface area contributed by atoms with Gasteiger partial charge in [-0.1, -0.05) is 12.1 Å². The van der Waals surface area contributed by atoms with E-state index in [1.165, 1.54) is 37.0 Å². The maximum absolute atomic E-state index is 5.24. The highest BCUT2D eigenvalue weighted by molar-refractivity contribution is 8.00. The highest BCUT2D eigenvalue weighted by atomic mass is 32.2.